The lowest BCUT2D eigenvalue weighted by atomic mass is 10.0. The molecule has 5 aromatic rings. The number of halogens is 1. The summed E-state index contributed by atoms with van der Waals surface area (Å²) >= 11 is 0. The van der Waals surface area contributed by atoms with Crippen LogP contribution in [0.25, 0.3) is 22.0 Å². The van der Waals surface area contributed by atoms with Gasteiger partial charge in [0.05, 0.1) is 41.3 Å². The van der Waals surface area contributed by atoms with Gasteiger partial charge in [0.15, 0.2) is 0 Å². The van der Waals surface area contributed by atoms with Gasteiger partial charge in [0.2, 0.25) is 5.91 Å². The van der Waals surface area contributed by atoms with Crippen molar-refractivity contribution < 1.29 is 13.9 Å². The quantitative estimate of drug-likeness (QED) is 0.277. The van der Waals surface area contributed by atoms with E-state index in [9.17, 15) is 4.79 Å². The summed E-state index contributed by atoms with van der Waals surface area (Å²) in [5.41, 5.74) is 4.80. The zero-order valence-electron chi connectivity index (χ0n) is 22.5. The smallest absolute Gasteiger partial charge is 0.228 e. The zero-order valence-corrected chi connectivity index (χ0v) is 22.5. The maximum absolute atomic E-state index is 15.1. The number of amides is 1. The van der Waals surface area contributed by atoms with Crippen molar-refractivity contribution in [1.29, 1.82) is 0 Å². The van der Waals surface area contributed by atoms with Crippen LogP contribution in [0, 0.1) is 19.7 Å². The predicted octanol–water partition coefficient (Wildman–Crippen LogP) is 6.37. The third-order valence-electron chi connectivity index (χ3n) is 6.39. The van der Waals surface area contributed by atoms with Crippen molar-refractivity contribution in [2.24, 2.45) is 0 Å². The number of benzene rings is 2. The Morgan fingerprint density at radius 2 is 1.87 bits per heavy atom. The second kappa shape index (κ2) is 10.2. The Bertz CT molecular complexity index is 1690. The number of carbonyl (C=O) groups is 1. The van der Waals surface area contributed by atoms with Gasteiger partial charge in [-0.25, -0.2) is 4.39 Å². The number of anilines is 1. The van der Waals surface area contributed by atoms with Gasteiger partial charge in [0, 0.05) is 29.4 Å². The molecule has 3 heterocycles. The van der Waals surface area contributed by atoms with Crippen LogP contribution >= 0.6 is 0 Å². The first-order valence-corrected chi connectivity index (χ1v) is 12.6. The number of hydrogen-bond donors (Lipinski definition) is 1. The van der Waals surface area contributed by atoms with E-state index in [1.165, 1.54) is 6.07 Å². The molecule has 1 N–H and O–H groups in total. The molecule has 0 saturated heterocycles. The molecule has 5 rings (SSSR count). The highest BCUT2D eigenvalue weighted by atomic mass is 19.1. The molecule has 1 amide bonds. The van der Waals surface area contributed by atoms with E-state index >= 15 is 4.39 Å². The molecule has 0 aliphatic rings. The molecule has 0 saturated carbocycles. The summed E-state index contributed by atoms with van der Waals surface area (Å²) in [7, 11) is 0. The molecule has 0 spiro atoms. The molecule has 0 radical (unpaired) electrons. The van der Waals surface area contributed by atoms with Crippen LogP contribution in [-0.2, 0) is 16.8 Å². The minimum absolute atomic E-state index is 0.117. The Morgan fingerprint density at radius 3 is 2.62 bits per heavy atom. The van der Waals surface area contributed by atoms with E-state index in [-0.39, 0.29) is 23.4 Å². The van der Waals surface area contributed by atoms with Crippen LogP contribution in [0.2, 0.25) is 0 Å². The lowest BCUT2D eigenvalue weighted by Crippen LogP contribution is -2.22. The monoisotopic (exact) mass is 524 g/mol. The number of ether oxygens (including phenoxy) is 1. The van der Waals surface area contributed by atoms with E-state index < -0.39 is 5.82 Å². The van der Waals surface area contributed by atoms with E-state index in [1.54, 1.807) is 41.6 Å². The van der Waals surface area contributed by atoms with Crippen molar-refractivity contribution in [2.45, 2.75) is 46.6 Å². The topological polar surface area (TPSA) is 94.8 Å². The molecule has 0 bridgehead atoms. The van der Waals surface area contributed by atoms with Crippen molar-refractivity contribution in [1.82, 2.24) is 25.0 Å². The van der Waals surface area contributed by atoms with Gasteiger partial charge in [-0.15, -0.1) is 0 Å². The highest BCUT2D eigenvalue weighted by Gasteiger charge is 2.17. The number of rotatable bonds is 6. The molecule has 0 aliphatic heterocycles. The van der Waals surface area contributed by atoms with Gasteiger partial charge in [-0.3, -0.25) is 14.5 Å². The van der Waals surface area contributed by atoms with Crippen LogP contribution < -0.4 is 10.1 Å². The van der Waals surface area contributed by atoms with E-state index in [2.05, 4.69) is 25.6 Å². The van der Waals surface area contributed by atoms with Crippen LogP contribution in [0.4, 0.5) is 10.1 Å². The van der Waals surface area contributed by atoms with E-state index in [0.717, 1.165) is 27.7 Å². The third kappa shape index (κ3) is 5.62. The minimum atomic E-state index is -0.520. The molecular formula is C30H29FN6O2. The first-order valence-electron chi connectivity index (χ1n) is 12.6. The number of pyridine rings is 1. The van der Waals surface area contributed by atoms with Gasteiger partial charge in [-0.1, -0.05) is 6.07 Å². The Morgan fingerprint density at radius 1 is 1.05 bits per heavy atom. The fourth-order valence-corrected chi connectivity index (χ4v) is 4.30. The summed E-state index contributed by atoms with van der Waals surface area (Å²) in [6.07, 6.45) is 6.53. The Balaban J connectivity index is 1.37. The summed E-state index contributed by atoms with van der Waals surface area (Å²) < 4.78 is 23.1. The summed E-state index contributed by atoms with van der Waals surface area (Å²) in [6, 6.07) is 12.5. The lowest BCUT2D eigenvalue weighted by Gasteiger charge is -2.18. The fraction of sp³-hybridized carbons (Fsp3) is 0.233. The third-order valence-corrected chi connectivity index (χ3v) is 6.39. The highest BCUT2D eigenvalue weighted by molar-refractivity contribution is 5.92. The van der Waals surface area contributed by atoms with Crippen molar-refractivity contribution in [3.8, 4) is 22.6 Å². The van der Waals surface area contributed by atoms with Gasteiger partial charge >= 0.3 is 0 Å². The van der Waals surface area contributed by atoms with Gasteiger partial charge in [-0.2, -0.15) is 15.3 Å². The van der Waals surface area contributed by atoms with Crippen LogP contribution in [-0.4, -0.2) is 30.9 Å². The van der Waals surface area contributed by atoms with Crippen molar-refractivity contribution >= 4 is 22.5 Å². The molecule has 0 fully saturated rings. The normalized spacial score (nSPS) is 11.5. The van der Waals surface area contributed by atoms with Crippen molar-refractivity contribution in [3.63, 3.8) is 0 Å². The second-order valence-corrected chi connectivity index (χ2v) is 10.5. The molecule has 2 aromatic carbocycles. The maximum atomic E-state index is 15.1. The Kier molecular flexibility index (Phi) is 6.82. The number of nitrogens with zero attached hydrogens (tertiary/aromatic N) is 5. The molecular weight excluding hydrogens is 495 g/mol. The van der Waals surface area contributed by atoms with Gasteiger partial charge in [0.1, 0.15) is 17.3 Å². The van der Waals surface area contributed by atoms with Crippen LogP contribution in [0.1, 0.15) is 37.6 Å². The molecule has 198 valence electrons. The van der Waals surface area contributed by atoms with Crippen LogP contribution in [0.5, 0.6) is 11.5 Å². The molecule has 0 aliphatic carbocycles. The van der Waals surface area contributed by atoms with E-state index in [1.807, 2.05) is 58.9 Å². The average Bonchev–Trinajstić information content (AvgIpc) is 3.36. The van der Waals surface area contributed by atoms with Crippen molar-refractivity contribution in [2.75, 3.05) is 5.32 Å². The summed E-state index contributed by atoms with van der Waals surface area (Å²) in [6.45, 7) is 9.77. The van der Waals surface area contributed by atoms with Crippen LogP contribution in [0.3, 0.4) is 0 Å². The predicted molar refractivity (Wildman–Crippen MR) is 148 cm³/mol. The van der Waals surface area contributed by atoms with E-state index in [4.69, 9.17) is 4.74 Å². The summed E-state index contributed by atoms with van der Waals surface area (Å²) in [5.74, 6) is 0.0609. The van der Waals surface area contributed by atoms with E-state index in [0.29, 0.717) is 22.7 Å². The average molecular weight is 525 g/mol. The minimum Gasteiger partial charge on any atom is -0.456 e. The number of hydrogen-bond acceptors (Lipinski definition) is 6. The molecule has 39 heavy (non-hydrogen) atoms. The molecule has 8 nitrogen and oxygen atoms in total. The molecule has 0 unspecified atom stereocenters. The van der Waals surface area contributed by atoms with Crippen molar-refractivity contribution in [3.05, 3.63) is 89.9 Å². The van der Waals surface area contributed by atoms with Gasteiger partial charge in [-0.05, 0) is 81.6 Å². The number of aryl methyl sites for hydroxylation is 2. The molecule has 9 heteroatoms. The number of nitrogens with one attached hydrogen (secondary N) is 1. The van der Waals surface area contributed by atoms with Gasteiger partial charge in [0.25, 0.3) is 0 Å². The summed E-state index contributed by atoms with van der Waals surface area (Å²) in [5, 5.41) is 15.9. The SMILES string of the molecule is Cc1cc(CC(=O)Nc2cnn(C(C)(C)C)c2)c(F)cc1Oc1ccnc2ccc(-c3ccnnc3C)cc12. The van der Waals surface area contributed by atoms with Gasteiger partial charge < -0.3 is 10.1 Å². The summed E-state index contributed by atoms with van der Waals surface area (Å²) in [4.78, 5) is 17.1. The number of carbonyl (C=O) groups excluding carboxylic acids is 1. The number of aromatic nitrogens is 5. The first kappa shape index (κ1) is 26.0. The number of fused-ring (bicyclic) bond motifs is 1. The Labute approximate surface area is 225 Å². The Hall–Kier alpha value is -4.66. The lowest BCUT2D eigenvalue weighted by molar-refractivity contribution is -0.115. The fourth-order valence-electron chi connectivity index (χ4n) is 4.30. The van der Waals surface area contributed by atoms with Crippen LogP contribution in [0.15, 0.2) is 67.3 Å². The zero-order chi connectivity index (χ0) is 27.7. The highest BCUT2D eigenvalue weighted by Crippen LogP contribution is 2.34. The second-order valence-electron chi connectivity index (χ2n) is 10.5. The first-order chi connectivity index (χ1) is 18.6. The maximum Gasteiger partial charge on any atom is 0.228 e. The molecule has 3 aromatic heterocycles. The standard InChI is InChI=1S/C30H29FN6O2/c1-18-12-21(14-29(38)35-22-16-34-37(17-22)30(3,4)5)25(31)15-28(18)39-27-9-10-32-26-7-6-20(13-24(26)27)23-8-11-33-36-19(23)2/h6-13,15-17H,14H2,1-5H3,(H,35,38). The largest absolute Gasteiger partial charge is 0.456 e. The molecule has 0 atom stereocenters.